The highest BCUT2D eigenvalue weighted by Gasteiger charge is 2.20. The molecule has 1 amide bonds. The molecule has 0 bridgehead atoms. The standard InChI is InChI=1S/C20H27NO2Si/c1-4-23-24(2,3)16-8-15-21-20(22)19-13-11-18(12-14-19)17-9-6-5-7-10-17/h5-7,9-14H,4,8,15-16H2,1-3H3,(H,21,22). The zero-order valence-electron chi connectivity index (χ0n) is 14.8. The van der Waals surface area contributed by atoms with Gasteiger partial charge in [0.1, 0.15) is 0 Å². The van der Waals surface area contributed by atoms with E-state index < -0.39 is 8.32 Å². The number of rotatable bonds is 8. The van der Waals surface area contributed by atoms with Crippen molar-refractivity contribution in [2.45, 2.75) is 32.5 Å². The fourth-order valence-electron chi connectivity index (χ4n) is 2.73. The number of carbonyl (C=O) groups excluding carboxylic acids is 1. The molecule has 0 unspecified atom stereocenters. The van der Waals surface area contributed by atoms with Crippen molar-refractivity contribution < 1.29 is 9.22 Å². The molecule has 0 fully saturated rings. The molecule has 2 aromatic carbocycles. The molecule has 0 saturated heterocycles. The van der Waals surface area contributed by atoms with E-state index in [1.165, 1.54) is 0 Å². The molecule has 2 aromatic rings. The third-order valence-electron chi connectivity index (χ3n) is 4.03. The molecule has 3 nitrogen and oxygen atoms in total. The summed E-state index contributed by atoms with van der Waals surface area (Å²) in [5.74, 6) is -0.00880. The van der Waals surface area contributed by atoms with Crippen molar-refractivity contribution in [1.29, 1.82) is 0 Å². The molecule has 2 rings (SSSR count). The summed E-state index contributed by atoms with van der Waals surface area (Å²) in [5, 5.41) is 3.00. The maximum absolute atomic E-state index is 12.2. The first kappa shape index (κ1) is 18.4. The largest absolute Gasteiger partial charge is 0.418 e. The van der Waals surface area contributed by atoms with E-state index in [0.29, 0.717) is 12.1 Å². The van der Waals surface area contributed by atoms with Gasteiger partial charge in [0.05, 0.1) is 0 Å². The van der Waals surface area contributed by atoms with Crippen LogP contribution in [0.4, 0.5) is 0 Å². The van der Waals surface area contributed by atoms with Gasteiger partial charge in [-0.1, -0.05) is 42.5 Å². The first-order valence-electron chi connectivity index (χ1n) is 8.59. The van der Waals surface area contributed by atoms with E-state index in [1.54, 1.807) is 0 Å². The average Bonchev–Trinajstić information content (AvgIpc) is 2.59. The van der Waals surface area contributed by atoms with E-state index >= 15 is 0 Å². The van der Waals surface area contributed by atoms with Crippen molar-refractivity contribution in [1.82, 2.24) is 5.32 Å². The molecule has 4 heteroatoms. The number of amides is 1. The Labute approximate surface area is 146 Å². The molecule has 0 saturated carbocycles. The first-order valence-corrected chi connectivity index (χ1v) is 11.7. The van der Waals surface area contributed by atoms with E-state index in [0.717, 1.165) is 30.2 Å². The van der Waals surface area contributed by atoms with Gasteiger partial charge in [-0.05, 0) is 55.7 Å². The highest BCUT2D eigenvalue weighted by Crippen LogP contribution is 2.19. The summed E-state index contributed by atoms with van der Waals surface area (Å²) < 4.78 is 5.80. The lowest BCUT2D eigenvalue weighted by atomic mass is 10.0. The zero-order valence-corrected chi connectivity index (χ0v) is 15.8. The lowest BCUT2D eigenvalue weighted by Crippen LogP contribution is -2.32. The van der Waals surface area contributed by atoms with Gasteiger partial charge in [0, 0.05) is 18.7 Å². The van der Waals surface area contributed by atoms with Crippen LogP contribution in [0.5, 0.6) is 0 Å². The van der Waals surface area contributed by atoms with E-state index in [1.807, 2.05) is 49.4 Å². The Kier molecular flexibility index (Phi) is 6.76. The Bertz CT molecular complexity index is 638. The minimum absolute atomic E-state index is 0.00880. The van der Waals surface area contributed by atoms with E-state index in [4.69, 9.17) is 4.43 Å². The van der Waals surface area contributed by atoms with Crippen LogP contribution >= 0.6 is 0 Å². The van der Waals surface area contributed by atoms with Gasteiger partial charge in [0.25, 0.3) is 5.91 Å². The molecular formula is C20H27NO2Si. The maximum Gasteiger partial charge on any atom is 0.251 e. The van der Waals surface area contributed by atoms with Gasteiger partial charge in [0.2, 0.25) is 0 Å². The summed E-state index contributed by atoms with van der Waals surface area (Å²) >= 11 is 0. The van der Waals surface area contributed by atoms with Crippen LogP contribution in [0.15, 0.2) is 54.6 Å². The third-order valence-corrected chi connectivity index (χ3v) is 6.66. The molecule has 0 heterocycles. The first-order chi connectivity index (χ1) is 11.5. The molecule has 1 N–H and O–H groups in total. The SMILES string of the molecule is CCO[Si](C)(C)CCCNC(=O)c1ccc(-c2ccccc2)cc1. The predicted octanol–water partition coefficient (Wildman–Crippen LogP) is 4.72. The Morgan fingerprint density at radius 1 is 1.00 bits per heavy atom. The number of nitrogens with one attached hydrogen (secondary N) is 1. The van der Waals surface area contributed by atoms with Crippen LogP contribution in [-0.2, 0) is 4.43 Å². The third kappa shape index (κ3) is 5.62. The molecule has 0 atom stereocenters. The van der Waals surface area contributed by atoms with Crippen LogP contribution in [0.25, 0.3) is 11.1 Å². The number of carbonyl (C=O) groups is 1. The van der Waals surface area contributed by atoms with E-state index in [2.05, 4.69) is 30.5 Å². The summed E-state index contributed by atoms with van der Waals surface area (Å²) in [4.78, 5) is 12.2. The average molecular weight is 342 g/mol. The van der Waals surface area contributed by atoms with Crippen molar-refractivity contribution in [3.05, 3.63) is 60.2 Å². The molecule has 0 radical (unpaired) electrons. The van der Waals surface area contributed by atoms with Crippen LogP contribution in [0.2, 0.25) is 19.1 Å². The van der Waals surface area contributed by atoms with Gasteiger partial charge in [-0.25, -0.2) is 0 Å². The van der Waals surface area contributed by atoms with Gasteiger partial charge < -0.3 is 9.74 Å². The van der Waals surface area contributed by atoms with E-state index in [-0.39, 0.29) is 5.91 Å². The minimum atomic E-state index is -1.55. The van der Waals surface area contributed by atoms with E-state index in [9.17, 15) is 4.79 Å². The summed E-state index contributed by atoms with van der Waals surface area (Å²) in [5.41, 5.74) is 2.99. The molecular weight excluding hydrogens is 314 g/mol. The van der Waals surface area contributed by atoms with Crippen molar-refractivity contribution in [2.75, 3.05) is 13.2 Å². The second kappa shape index (κ2) is 8.80. The van der Waals surface area contributed by atoms with Crippen LogP contribution in [0.3, 0.4) is 0 Å². The Balaban J connectivity index is 1.83. The number of hydrogen-bond acceptors (Lipinski definition) is 2. The van der Waals surface area contributed by atoms with Crippen LogP contribution in [0, 0.1) is 0 Å². The fourth-order valence-corrected chi connectivity index (χ4v) is 4.68. The Morgan fingerprint density at radius 2 is 1.62 bits per heavy atom. The number of hydrogen-bond donors (Lipinski definition) is 1. The number of benzene rings is 2. The fraction of sp³-hybridized carbons (Fsp3) is 0.350. The molecule has 0 aliphatic rings. The predicted molar refractivity (Wildman–Crippen MR) is 103 cm³/mol. The lowest BCUT2D eigenvalue weighted by Gasteiger charge is -2.21. The molecule has 0 spiro atoms. The maximum atomic E-state index is 12.2. The summed E-state index contributed by atoms with van der Waals surface area (Å²) in [7, 11) is -1.55. The monoisotopic (exact) mass is 341 g/mol. The van der Waals surface area contributed by atoms with Gasteiger partial charge >= 0.3 is 0 Å². The molecule has 0 aliphatic carbocycles. The minimum Gasteiger partial charge on any atom is -0.418 e. The topological polar surface area (TPSA) is 38.3 Å². The van der Waals surface area contributed by atoms with Crippen molar-refractivity contribution in [2.24, 2.45) is 0 Å². The van der Waals surface area contributed by atoms with Crippen molar-refractivity contribution in [3.8, 4) is 11.1 Å². The summed E-state index contributed by atoms with van der Waals surface area (Å²) in [6, 6.07) is 19.0. The van der Waals surface area contributed by atoms with Crippen LogP contribution in [0.1, 0.15) is 23.7 Å². The van der Waals surface area contributed by atoms with Crippen molar-refractivity contribution >= 4 is 14.2 Å². The van der Waals surface area contributed by atoms with Crippen LogP contribution in [-0.4, -0.2) is 27.4 Å². The molecule has 0 aromatic heterocycles. The summed E-state index contributed by atoms with van der Waals surface area (Å²) in [6.07, 6.45) is 0.965. The van der Waals surface area contributed by atoms with Crippen LogP contribution < -0.4 is 5.32 Å². The second-order valence-electron chi connectivity index (χ2n) is 6.50. The highest BCUT2D eigenvalue weighted by atomic mass is 28.4. The molecule has 128 valence electrons. The summed E-state index contributed by atoms with van der Waals surface area (Å²) in [6.45, 7) is 7.96. The second-order valence-corrected chi connectivity index (χ2v) is 10.8. The molecule has 24 heavy (non-hydrogen) atoms. The Hall–Kier alpha value is -1.91. The quantitative estimate of drug-likeness (QED) is 0.557. The smallest absolute Gasteiger partial charge is 0.251 e. The Morgan fingerprint density at radius 3 is 2.25 bits per heavy atom. The highest BCUT2D eigenvalue weighted by molar-refractivity contribution is 6.71. The van der Waals surface area contributed by atoms with Gasteiger partial charge in [-0.15, -0.1) is 0 Å². The normalized spacial score (nSPS) is 11.3. The zero-order chi connectivity index (χ0) is 17.4. The van der Waals surface area contributed by atoms with Gasteiger partial charge in [-0.2, -0.15) is 0 Å². The van der Waals surface area contributed by atoms with Gasteiger partial charge in [0.15, 0.2) is 8.32 Å². The lowest BCUT2D eigenvalue weighted by molar-refractivity contribution is 0.0953. The molecule has 0 aliphatic heterocycles. The van der Waals surface area contributed by atoms with Crippen molar-refractivity contribution in [3.63, 3.8) is 0 Å². The van der Waals surface area contributed by atoms with Gasteiger partial charge in [-0.3, -0.25) is 4.79 Å².